The van der Waals surface area contributed by atoms with Gasteiger partial charge < -0.3 is 10.1 Å². The molecule has 114 valence electrons. The van der Waals surface area contributed by atoms with Crippen molar-refractivity contribution in [1.29, 1.82) is 0 Å². The van der Waals surface area contributed by atoms with Gasteiger partial charge in [0.2, 0.25) is 0 Å². The number of benzene rings is 1. The largest absolute Gasteiger partial charge is 0.497 e. The predicted molar refractivity (Wildman–Crippen MR) is 87.5 cm³/mol. The van der Waals surface area contributed by atoms with Crippen molar-refractivity contribution in [3.05, 3.63) is 29.8 Å². The van der Waals surface area contributed by atoms with Crippen molar-refractivity contribution in [2.45, 2.75) is 59.4 Å². The summed E-state index contributed by atoms with van der Waals surface area (Å²) in [5.41, 5.74) is 1.85. The molecule has 0 aliphatic carbocycles. The highest BCUT2D eigenvalue weighted by Gasteiger charge is 2.28. The van der Waals surface area contributed by atoms with E-state index in [-0.39, 0.29) is 5.54 Å². The molecule has 0 spiro atoms. The van der Waals surface area contributed by atoms with Crippen molar-refractivity contribution in [2.75, 3.05) is 13.7 Å². The first-order chi connectivity index (χ1) is 9.34. The molecule has 1 aromatic rings. The van der Waals surface area contributed by atoms with E-state index in [4.69, 9.17) is 4.74 Å². The Hall–Kier alpha value is -1.02. The van der Waals surface area contributed by atoms with Gasteiger partial charge in [-0.1, -0.05) is 26.0 Å². The Bertz CT molecular complexity index is 402. The molecule has 0 radical (unpaired) electrons. The van der Waals surface area contributed by atoms with Gasteiger partial charge in [-0.25, -0.2) is 0 Å². The molecule has 2 nitrogen and oxygen atoms in total. The van der Waals surface area contributed by atoms with Crippen LogP contribution in [0.25, 0.3) is 0 Å². The lowest BCUT2D eigenvalue weighted by Crippen LogP contribution is -2.44. The second-order valence-corrected chi connectivity index (χ2v) is 6.84. The zero-order valence-electron chi connectivity index (χ0n) is 14.0. The fourth-order valence-corrected chi connectivity index (χ4v) is 2.48. The quantitative estimate of drug-likeness (QED) is 0.796. The molecular weight excluding hydrogens is 246 g/mol. The second-order valence-electron chi connectivity index (χ2n) is 6.84. The summed E-state index contributed by atoms with van der Waals surface area (Å²) in [7, 11) is 1.73. The van der Waals surface area contributed by atoms with E-state index in [1.807, 2.05) is 6.07 Å². The van der Waals surface area contributed by atoms with Gasteiger partial charge in [-0.05, 0) is 63.1 Å². The minimum absolute atomic E-state index is 0.171. The standard InChI is InChI=1S/C18H31NO/c1-7-18(8-2,14-19-17(3,4)5)13-15-10-9-11-16(12-15)20-6/h9-12,19H,7-8,13-14H2,1-6H3. The highest BCUT2D eigenvalue weighted by atomic mass is 16.5. The Morgan fingerprint density at radius 1 is 1.10 bits per heavy atom. The molecule has 0 amide bonds. The van der Waals surface area contributed by atoms with Gasteiger partial charge in [0.05, 0.1) is 7.11 Å². The Morgan fingerprint density at radius 3 is 2.25 bits per heavy atom. The summed E-state index contributed by atoms with van der Waals surface area (Å²) in [5, 5.41) is 3.68. The van der Waals surface area contributed by atoms with Crippen LogP contribution in [0, 0.1) is 5.41 Å². The van der Waals surface area contributed by atoms with Crippen molar-refractivity contribution >= 4 is 0 Å². The topological polar surface area (TPSA) is 21.3 Å². The molecule has 0 saturated carbocycles. The molecule has 0 aliphatic heterocycles. The third kappa shape index (κ3) is 5.16. The van der Waals surface area contributed by atoms with Crippen LogP contribution in [0.1, 0.15) is 53.0 Å². The monoisotopic (exact) mass is 277 g/mol. The zero-order chi connectivity index (χ0) is 15.2. The molecule has 0 saturated heterocycles. The molecule has 0 fully saturated rings. The van der Waals surface area contributed by atoms with Gasteiger partial charge in [0.15, 0.2) is 0 Å². The molecule has 0 unspecified atom stereocenters. The van der Waals surface area contributed by atoms with Crippen LogP contribution in [0.2, 0.25) is 0 Å². The van der Waals surface area contributed by atoms with Gasteiger partial charge >= 0.3 is 0 Å². The Balaban J connectivity index is 2.84. The summed E-state index contributed by atoms with van der Waals surface area (Å²) in [6.07, 6.45) is 3.47. The van der Waals surface area contributed by atoms with Gasteiger partial charge in [-0.15, -0.1) is 0 Å². The van der Waals surface area contributed by atoms with Crippen LogP contribution in [0.15, 0.2) is 24.3 Å². The summed E-state index contributed by atoms with van der Waals surface area (Å²) in [6, 6.07) is 8.47. The second kappa shape index (κ2) is 7.12. The molecule has 1 N–H and O–H groups in total. The lowest BCUT2D eigenvalue weighted by Gasteiger charge is -2.35. The number of methoxy groups -OCH3 is 1. The number of hydrogen-bond donors (Lipinski definition) is 1. The number of hydrogen-bond acceptors (Lipinski definition) is 2. The number of ether oxygens (including phenoxy) is 1. The van der Waals surface area contributed by atoms with Crippen LogP contribution in [0.4, 0.5) is 0 Å². The Morgan fingerprint density at radius 2 is 1.75 bits per heavy atom. The molecule has 2 heteroatoms. The van der Waals surface area contributed by atoms with Crippen molar-refractivity contribution in [1.82, 2.24) is 5.32 Å². The molecule has 0 aromatic heterocycles. The van der Waals surface area contributed by atoms with Crippen molar-refractivity contribution < 1.29 is 4.74 Å². The first-order valence-corrected chi connectivity index (χ1v) is 7.72. The Kier molecular flexibility index (Phi) is 6.07. The zero-order valence-corrected chi connectivity index (χ0v) is 14.0. The third-order valence-electron chi connectivity index (χ3n) is 4.21. The van der Waals surface area contributed by atoms with E-state index < -0.39 is 0 Å². The molecule has 0 heterocycles. The van der Waals surface area contributed by atoms with Crippen molar-refractivity contribution in [3.63, 3.8) is 0 Å². The summed E-state index contributed by atoms with van der Waals surface area (Å²) < 4.78 is 5.34. The third-order valence-corrected chi connectivity index (χ3v) is 4.21. The van der Waals surface area contributed by atoms with Gasteiger partial charge in [0.1, 0.15) is 5.75 Å². The van der Waals surface area contributed by atoms with Gasteiger partial charge in [-0.3, -0.25) is 0 Å². The van der Waals surface area contributed by atoms with Crippen molar-refractivity contribution in [3.8, 4) is 5.75 Å². The summed E-state index contributed by atoms with van der Waals surface area (Å²) >= 11 is 0. The molecule has 0 bridgehead atoms. The van der Waals surface area contributed by atoms with Crippen LogP contribution in [0.5, 0.6) is 5.75 Å². The van der Waals surface area contributed by atoms with Crippen molar-refractivity contribution in [2.24, 2.45) is 5.41 Å². The Labute approximate surface area is 124 Å². The van der Waals surface area contributed by atoms with Crippen LogP contribution in [-0.2, 0) is 6.42 Å². The number of nitrogens with one attached hydrogen (secondary N) is 1. The molecular formula is C18H31NO. The smallest absolute Gasteiger partial charge is 0.119 e. The van der Waals surface area contributed by atoms with Crippen LogP contribution in [0.3, 0.4) is 0 Å². The lowest BCUT2D eigenvalue weighted by atomic mass is 9.76. The van der Waals surface area contributed by atoms with E-state index >= 15 is 0 Å². The maximum absolute atomic E-state index is 5.34. The molecule has 1 aromatic carbocycles. The fourth-order valence-electron chi connectivity index (χ4n) is 2.48. The molecule has 20 heavy (non-hydrogen) atoms. The highest BCUT2D eigenvalue weighted by Crippen LogP contribution is 2.32. The molecule has 0 aliphatic rings. The van der Waals surface area contributed by atoms with Gasteiger partial charge in [0, 0.05) is 12.1 Å². The van der Waals surface area contributed by atoms with E-state index in [2.05, 4.69) is 58.1 Å². The van der Waals surface area contributed by atoms with E-state index in [0.717, 1.165) is 18.7 Å². The summed E-state index contributed by atoms with van der Waals surface area (Å²) in [5.74, 6) is 0.951. The fraction of sp³-hybridized carbons (Fsp3) is 0.667. The van der Waals surface area contributed by atoms with E-state index in [0.29, 0.717) is 5.41 Å². The first kappa shape index (κ1) is 17.0. The molecule has 0 atom stereocenters. The van der Waals surface area contributed by atoms with Crippen LogP contribution in [-0.4, -0.2) is 19.2 Å². The molecule has 1 rings (SSSR count). The van der Waals surface area contributed by atoms with Gasteiger partial charge in [-0.2, -0.15) is 0 Å². The lowest BCUT2D eigenvalue weighted by molar-refractivity contribution is 0.220. The predicted octanol–water partition coefficient (Wildman–Crippen LogP) is 4.43. The summed E-state index contributed by atoms with van der Waals surface area (Å²) in [6.45, 7) is 12.3. The maximum atomic E-state index is 5.34. The van der Waals surface area contributed by atoms with E-state index in [9.17, 15) is 0 Å². The van der Waals surface area contributed by atoms with E-state index in [1.54, 1.807) is 7.11 Å². The van der Waals surface area contributed by atoms with Crippen LogP contribution < -0.4 is 10.1 Å². The van der Waals surface area contributed by atoms with Gasteiger partial charge in [0.25, 0.3) is 0 Å². The average molecular weight is 277 g/mol. The SMILES string of the molecule is CCC(CC)(CNC(C)(C)C)Cc1cccc(OC)c1. The highest BCUT2D eigenvalue weighted by molar-refractivity contribution is 5.29. The first-order valence-electron chi connectivity index (χ1n) is 7.72. The van der Waals surface area contributed by atoms with E-state index in [1.165, 1.54) is 18.4 Å². The number of rotatable bonds is 7. The summed E-state index contributed by atoms with van der Waals surface area (Å²) in [4.78, 5) is 0. The normalized spacial score (nSPS) is 12.5. The average Bonchev–Trinajstić information content (AvgIpc) is 2.43. The maximum Gasteiger partial charge on any atom is 0.119 e. The van der Waals surface area contributed by atoms with Crippen LogP contribution >= 0.6 is 0 Å². The minimum atomic E-state index is 0.171. The minimum Gasteiger partial charge on any atom is -0.497 e.